The van der Waals surface area contributed by atoms with Gasteiger partial charge in [-0.25, -0.2) is 0 Å². The van der Waals surface area contributed by atoms with E-state index in [1.54, 1.807) is 18.2 Å². The van der Waals surface area contributed by atoms with Crippen molar-refractivity contribution in [3.63, 3.8) is 0 Å². The van der Waals surface area contributed by atoms with Crippen LogP contribution in [0.2, 0.25) is 5.02 Å². The number of anilines is 2. The minimum absolute atomic E-state index is 0.546. The van der Waals surface area contributed by atoms with E-state index in [0.717, 1.165) is 11.3 Å². The Balaban J connectivity index is 3.15. The Hall–Kier alpha value is -0.930. The van der Waals surface area contributed by atoms with E-state index < -0.39 is 0 Å². The summed E-state index contributed by atoms with van der Waals surface area (Å²) in [6, 6.07) is 3.61. The number of aryl methyl sites for hydroxylation is 1. The highest BCUT2D eigenvalue weighted by Gasteiger charge is 2.06. The lowest BCUT2D eigenvalue weighted by Gasteiger charge is -2.19. The lowest BCUT2D eigenvalue weighted by molar-refractivity contribution is 0.184. The van der Waals surface area contributed by atoms with Gasteiger partial charge in [-0.15, -0.1) is 0 Å². The van der Waals surface area contributed by atoms with Gasteiger partial charge in [0.15, 0.2) is 0 Å². The van der Waals surface area contributed by atoms with Crippen LogP contribution in [0.15, 0.2) is 12.1 Å². The summed E-state index contributed by atoms with van der Waals surface area (Å²) in [6.45, 7) is 1.96. The van der Waals surface area contributed by atoms with Gasteiger partial charge < -0.3 is 5.73 Å². The monoisotopic (exact) mass is 200 g/mol. The normalized spacial score (nSPS) is 10.2. The van der Waals surface area contributed by atoms with E-state index in [1.807, 2.05) is 20.0 Å². The van der Waals surface area contributed by atoms with Crippen LogP contribution in [0.25, 0.3) is 0 Å². The van der Waals surface area contributed by atoms with Gasteiger partial charge in [0.05, 0.1) is 23.5 Å². The topological polar surface area (TPSA) is 38.5 Å². The first-order valence-corrected chi connectivity index (χ1v) is 4.27. The zero-order valence-corrected chi connectivity index (χ0v) is 8.72. The molecule has 0 bridgehead atoms. The van der Waals surface area contributed by atoms with Gasteiger partial charge in [0.25, 0.3) is 0 Å². The number of rotatable bonds is 2. The largest absolute Gasteiger partial charge is 0.398 e. The number of nitrogens with zero attached hydrogens (tertiary/aromatic N) is 1. The highest BCUT2D eigenvalue weighted by Crippen LogP contribution is 2.28. The molecule has 0 aliphatic rings. The molecular formula is C9H13ClN2O. The molecule has 0 spiro atoms. The minimum Gasteiger partial charge on any atom is -0.398 e. The Labute approximate surface area is 83.0 Å². The molecule has 1 aromatic carbocycles. The maximum atomic E-state index is 5.88. The fourth-order valence-electron chi connectivity index (χ4n) is 1.13. The maximum Gasteiger partial charge on any atom is 0.0678 e. The van der Waals surface area contributed by atoms with E-state index in [1.165, 1.54) is 0 Å². The Morgan fingerprint density at radius 2 is 2.08 bits per heavy atom. The van der Waals surface area contributed by atoms with Crippen LogP contribution < -0.4 is 10.8 Å². The van der Waals surface area contributed by atoms with Gasteiger partial charge in [-0.1, -0.05) is 11.6 Å². The highest BCUT2D eigenvalue weighted by molar-refractivity contribution is 6.33. The molecular weight excluding hydrogens is 188 g/mol. The van der Waals surface area contributed by atoms with E-state index in [2.05, 4.69) is 0 Å². The molecule has 13 heavy (non-hydrogen) atoms. The van der Waals surface area contributed by atoms with Crippen molar-refractivity contribution in [3.8, 4) is 0 Å². The van der Waals surface area contributed by atoms with Crippen LogP contribution in [0, 0.1) is 6.92 Å². The molecule has 0 heterocycles. The molecule has 0 saturated heterocycles. The number of hydrogen-bond acceptors (Lipinski definition) is 3. The number of benzene rings is 1. The molecule has 0 fully saturated rings. The van der Waals surface area contributed by atoms with Crippen molar-refractivity contribution in [2.45, 2.75) is 6.92 Å². The van der Waals surface area contributed by atoms with E-state index in [9.17, 15) is 0 Å². The molecule has 0 unspecified atom stereocenters. The Morgan fingerprint density at radius 1 is 1.46 bits per heavy atom. The molecule has 0 amide bonds. The molecule has 1 aromatic rings. The van der Waals surface area contributed by atoms with Crippen LogP contribution in [0.3, 0.4) is 0 Å². The summed E-state index contributed by atoms with van der Waals surface area (Å²) < 4.78 is 0. The van der Waals surface area contributed by atoms with Crippen LogP contribution in [-0.4, -0.2) is 14.2 Å². The number of halogens is 1. The highest BCUT2D eigenvalue weighted by atomic mass is 35.5. The lowest BCUT2D eigenvalue weighted by atomic mass is 10.2. The number of nitrogens with two attached hydrogens (primary N) is 1. The molecule has 1 rings (SSSR count). The van der Waals surface area contributed by atoms with Gasteiger partial charge in [0, 0.05) is 7.05 Å². The fraction of sp³-hybridized carbons (Fsp3) is 0.333. The third-order valence-corrected chi connectivity index (χ3v) is 2.26. The van der Waals surface area contributed by atoms with Crippen LogP contribution >= 0.6 is 11.6 Å². The van der Waals surface area contributed by atoms with Crippen LogP contribution in [-0.2, 0) is 4.84 Å². The molecule has 0 atom stereocenters. The average molecular weight is 201 g/mol. The van der Waals surface area contributed by atoms with Crippen molar-refractivity contribution >= 4 is 23.0 Å². The maximum absolute atomic E-state index is 5.88. The van der Waals surface area contributed by atoms with E-state index >= 15 is 0 Å². The molecule has 72 valence electrons. The Morgan fingerprint density at radius 3 is 2.62 bits per heavy atom. The summed E-state index contributed by atoms with van der Waals surface area (Å²) in [7, 11) is 3.42. The smallest absolute Gasteiger partial charge is 0.0678 e. The van der Waals surface area contributed by atoms with Crippen molar-refractivity contribution < 1.29 is 4.84 Å². The Bertz CT molecular complexity index is 315. The van der Waals surface area contributed by atoms with E-state index in [0.29, 0.717) is 10.7 Å². The first kappa shape index (κ1) is 10.2. The molecule has 0 aliphatic carbocycles. The van der Waals surface area contributed by atoms with Gasteiger partial charge in [0.2, 0.25) is 0 Å². The van der Waals surface area contributed by atoms with Crippen molar-refractivity contribution in [1.82, 2.24) is 0 Å². The van der Waals surface area contributed by atoms with Gasteiger partial charge in [-0.05, 0) is 24.6 Å². The van der Waals surface area contributed by atoms with E-state index in [-0.39, 0.29) is 0 Å². The standard InChI is InChI=1S/C9H13ClN2O/c1-6-4-8(11)7(10)5-9(6)12(2)13-3/h4-5H,11H2,1-3H3. The Kier molecular flexibility index (Phi) is 3.01. The van der Waals surface area contributed by atoms with E-state index in [4.69, 9.17) is 22.2 Å². The third kappa shape index (κ3) is 2.05. The summed E-state index contributed by atoms with van der Waals surface area (Å²) in [4.78, 5) is 5.05. The number of hydroxylamine groups is 1. The van der Waals surface area contributed by atoms with Crippen molar-refractivity contribution in [3.05, 3.63) is 22.7 Å². The van der Waals surface area contributed by atoms with Crippen LogP contribution in [0.1, 0.15) is 5.56 Å². The predicted octanol–water partition coefficient (Wildman–Crippen LogP) is 2.23. The SMILES string of the molecule is CON(C)c1cc(Cl)c(N)cc1C. The second kappa shape index (κ2) is 3.85. The number of hydrogen-bond donors (Lipinski definition) is 1. The zero-order valence-electron chi connectivity index (χ0n) is 7.97. The zero-order chi connectivity index (χ0) is 10.0. The summed E-state index contributed by atoms with van der Waals surface area (Å²) in [5.41, 5.74) is 8.18. The number of nitrogen functional groups attached to an aromatic ring is 1. The van der Waals surface area contributed by atoms with Crippen molar-refractivity contribution in [2.24, 2.45) is 0 Å². The molecule has 2 N–H and O–H groups in total. The fourth-order valence-corrected chi connectivity index (χ4v) is 1.29. The summed E-state index contributed by atoms with van der Waals surface area (Å²) in [5.74, 6) is 0. The quantitative estimate of drug-likeness (QED) is 0.588. The van der Waals surface area contributed by atoms with Gasteiger partial charge in [0.1, 0.15) is 0 Å². The molecule has 0 radical (unpaired) electrons. The summed E-state index contributed by atoms with van der Waals surface area (Å²) >= 11 is 5.88. The minimum atomic E-state index is 0.546. The molecule has 3 nitrogen and oxygen atoms in total. The third-order valence-electron chi connectivity index (χ3n) is 1.93. The van der Waals surface area contributed by atoms with Crippen LogP contribution in [0.5, 0.6) is 0 Å². The molecule has 4 heteroatoms. The predicted molar refractivity (Wildman–Crippen MR) is 56.0 cm³/mol. The van der Waals surface area contributed by atoms with Gasteiger partial charge in [-0.3, -0.25) is 9.90 Å². The molecule has 0 saturated carbocycles. The lowest BCUT2D eigenvalue weighted by Crippen LogP contribution is -2.15. The second-order valence-corrected chi connectivity index (χ2v) is 3.25. The van der Waals surface area contributed by atoms with Gasteiger partial charge >= 0.3 is 0 Å². The molecule has 0 aromatic heterocycles. The molecule has 0 aliphatic heterocycles. The summed E-state index contributed by atoms with van der Waals surface area (Å²) in [6.07, 6.45) is 0. The van der Waals surface area contributed by atoms with Gasteiger partial charge in [-0.2, -0.15) is 0 Å². The summed E-state index contributed by atoms with van der Waals surface area (Å²) in [5, 5.41) is 2.19. The second-order valence-electron chi connectivity index (χ2n) is 2.84. The van der Waals surface area contributed by atoms with Crippen molar-refractivity contribution in [2.75, 3.05) is 25.0 Å². The first-order valence-electron chi connectivity index (χ1n) is 3.89. The average Bonchev–Trinajstić information content (AvgIpc) is 2.10. The van der Waals surface area contributed by atoms with Crippen molar-refractivity contribution in [1.29, 1.82) is 0 Å². The first-order chi connectivity index (χ1) is 6.06. The van der Waals surface area contributed by atoms with Crippen LogP contribution in [0.4, 0.5) is 11.4 Å².